The van der Waals surface area contributed by atoms with Crippen LogP contribution in [0.15, 0.2) is 18.2 Å². The highest BCUT2D eigenvalue weighted by atomic mass is 14.8. The van der Waals surface area contributed by atoms with Gasteiger partial charge in [0.15, 0.2) is 0 Å². The molecule has 0 radical (unpaired) electrons. The largest absolute Gasteiger partial charge is 0.330 e. The van der Waals surface area contributed by atoms with Crippen molar-refractivity contribution in [2.24, 2.45) is 11.5 Å². The van der Waals surface area contributed by atoms with Crippen molar-refractivity contribution in [3.05, 3.63) is 34.9 Å². The van der Waals surface area contributed by atoms with Gasteiger partial charge in [-0.1, -0.05) is 34.9 Å². The molecule has 18 heavy (non-hydrogen) atoms. The molecule has 1 aromatic carbocycles. The normalized spacial score (nSPS) is 9.83. The van der Waals surface area contributed by atoms with E-state index in [0.29, 0.717) is 0 Å². The van der Waals surface area contributed by atoms with Gasteiger partial charge in [0.05, 0.1) is 0 Å². The molecule has 0 aliphatic heterocycles. The molecule has 0 aliphatic rings. The van der Waals surface area contributed by atoms with Crippen molar-refractivity contribution in [1.29, 1.82) is 0 Å². The van der Waals surface area contributed by atoms with Gasteiger partial charge in [0, 0.05) is 0 Å². The van der Waals surface area contributed by atoms with Gasteiger partial charge in [-0.3, -0.25) is 0 Å². The summed E-state index contributed by atoms with van der Waals surface area (Å²) < 4.78 is 0. The fourth-order valence-corrected chi connectivity index (χ4v) is 1.78. The van der Waals surface area contributed by atoms with Gasteiger partial charge in [0.1, 0.15) is 0 Å². The van der Waals surface area contributed by atoms with Crippen molar-refractivity contribution in [3.8, 4) is 0 Å². The van der Waals surface area contributed by atoms with Gasteiger partial charge < -0.3 is 16.8 Å². The summed E-state index contributed by atoms with van der Waals surface area (Å²) in [6.45, 7) is 9.97. The number of rotatable bonds is 6. The van der Waals surface area contributed by atoms with E-state index in [2.05, 4.69) is 44.3 Å². The summed E-state index contributed by atoms with van der Waals surface area (Å²) in [6.07, 6.45) is 2.12. The van der Waals surface area contributed by atoms with Crippen LogP contribution in [-0.2, 0) is 0 Å². The van der Waals surface area contributed by atoms with Gasteiger partial charge in [-0.15, -0.1) is 0 Å². The van der Waals surface area contributed by atoms with Crippen molar-refractivity contribution in [2.45, 2.75) is 33.6 Å². The van der Waals surface area contributed by atoms with Crippen LogP contribution >= 0.6 is 0 Å². The van der Waals surface area contributed by atoms with Crippen LogP contribution in [0.4, 0.5) is 0 Å². The first-order valence-corrected chi connectivity index (χ1v) is 6.76. The Balaban J connectivity index is 0.000000321. The lowest BCUT2D eigenvalue weighted by Gasteiger charge is -2.00. The number of nitrogens with two attached hydrogens (primary N) is 2. The van der Waals surface area contributed by atoms with E-state index in [4.69, 9.17) is 11.5 Å². The molecule has 0 saturated heterocycles. The molecule has 0 heterocycles. The summed E-state index contributed by atoms with van der Waals surface area (Å²) in [5, 5.41) is 3.23. The lowest BCUT2D eigenvalue weighted by atomic mass is 10.1. The first-order chi connectivity index (χ1) is 8.60. The highest BCUT2D eigenvalue weighted by molar-refractivity contribution is 5.27. The third-order valence-electron chi connectivity index (χ3n) is 2.48. The van der Waals surface area contributed by atoms with E-state index >= 15 is 0 Å². The number of benzene rings is 1. The molecule has 0 unspecified atom stereocenters. The summed E-state index contributed by atoms with van der Waals surface area (Å²) in [6, 6.07) is 6.56. The highest BCUT2D eigenvalue weighted by Gasteiger charge is 1.87. The predicted octanol–water partition coefficient (Wildman–Crippen LogP) is 1.89. The molecular formula is C15H29N3. The van der Waals surface area contributed by atoms with Crippen LogP contribution in [0, 0.1) is 20.8 Å². The standard InChI is InChI=1S/C9H12.C6H17N3/c1-7-4-8(2)6-9(3)5-7;7-3-1-5-9-6-2-4-8/h4-6H,1-3H3;9H,1-8H2. The molecule has 104 valence electrons. The number of hydrogen-bond donors (Lipinski definition) is 3. The predicted molar refractivity (Wildman–Crippen MR) is 80.9 cm³/mol. The summed E-state index contributed by atoms with van der Waals surface area (Å²) in [5.74, 6) is 0. The van der Waals surface area contributed by atoms with Gasteiger partial charge in [0.2, 0.25) is 0 Å². The van der Waals surface area contributed by atoms with E-state index in [1.54, 1.807) is 0 Å². The second-order valence-corrected chi connectivity index (χ2v) is 4.70. The Bertz CT molecular complexity index is 254. The molecule has 1 aromatic rings. The lowest BCUT2D eigenvalue weighted by Crippen LogP contribution is -2.21. The van der Waals surface area contributed by atoms with Gasteiger partial charge in [-0.25, -0.2) is 0 Å². The number of aryl methyl sites for hydroxylation is 3. The molecule has 0 aliphatic carbocycles. The fourth-order valence-electron chi connectivity index (χ4n) is 1.78. The summed E-state index contributed by atoms with van der Waals surface area (Å²) in [5.41, 5.74) is 14.6. The van der Waals surface area contributed by atoms with E-state index in [1.165, 1.54) is 16.7 Å². The number of hydrogen-bond acceptors (Lipinski definition) is 3. The molecule has 0 bridgehead atoms. The lowest BCUT2D eigenvalue weighted by molar-refractivity contribution is 0.631. The summed E-state index contributed by atoms with van der Waals surface area (Å²) in [7, 11) is 0. The molecule has 0 amide bonds. The van der Waals surface area contributed by atoms with Gasteiger partial charge in [0.25, 0.3) is 0 Å². The average Bonchev–Trinajstić information content (AvgIpc) is 2.28. The Morgan fingerprint density at radius 3 is 1.39 bits per heavy atom. The molecule has 0 saturated carbocycles. The van der Waals surface area contributed by atoms with Crippen LogP contribution in [0.3, 0.4) is 0 Å². The molecule has 0 fully saturated rings. The third-order valence-corrected chi connectivity index (χ3v) is 2.48. The van der Waals surface area contributed by atoms with Crippen molar-refractivity contribution in [2.75, 3.05) is 26.2 Å². The topological polar surface area (TPSA) is 64.1 Å². The first-order valence-electron chi connectivity index (χ1n) is 6.76. The fraction of sp³-hybridized carbons (Fsp3) is 0.600. The van der Waals surface area contributed by atoms with Crippen LogP contribution in [0.5, 0.6) is 0 Å². The number of nitrogens with one attached hydrogen (secondary N) is 1. The summed E-state index contributed by atoms with van der Waals surface area (Å²) >= 11 is 0. The maximum atomic E-state index is 5.28. The van der Waals surface area contributed by atoms with E-state index in [1.807, 2.05) is 0 Å². The van der Waals surface area contributed by atoms with Crippen molar-refractivity contribution in [1.82, 2.24) is 5.32 Å². The average molecular weight is 251 g/mol. The smallest absolute Gasteiger partial charge is 0.00369 e. The molecular weight excluding hydrogens is 222 g/mol. The van der Waals surface area contributed by atoms with Gasteiger partial charge in [-0.2, -0.15) is 0 Å². The van der Waals surface area contributed by atoms with Crippen LogP contribution < -0.4 is 16.8 Å². The van der Waals surface area contributed by atoms with Crippen LogP contribution in [0.2, 0.25) is 0 Å². The molecule has 1 rings (SSSR count). The van der Waals surface area contributed by atoms with E-state index in [-0.39, 0.29) is 0 Å². The molecule has 0 atom stereocenters. The quantitative estimate of drug-likeness (QED) is 0.677. The third kappa shape index (κ3) is 10.3. The van der Waals surface area contributed by atoms with Crippen LogP contribution in [0.1, 0.15) is 29.5 Å². The maximum Gasteiger partial charge on any atom is -0.00369 e. The second kappa shape index (κ2) is 11.2. The second-order valence-electron chi connectivity index (χ2n) is 4.70. The Labute approximate surface area is 112 Å². The molecule has 5 N–H and O–H groups in total. The highest BCUT2D eigenvalue weighted by Crippen LogP contribution is 2.06. The molecule has 0 spiro atoms. The van der Waals surface area contributed by atoms with Crippen molar-refractivity contribution >= 4 is 0 Å². The van der Waals surface area contributed by atoms with Crippen molar-refractivity contribution in [3.63, 3.8) is 0 Å². The Morgan fingerprint density at radius 2 is 1.11 bits per heavy atom. The van der Waals surface area contributed by atoms with Gasteiger partial charge >= 0.3 is 0 Å². The molecule has 3 heteroatoms. The van der Waals surface area contributed by atoms with E-state index in [9.17, 15) is 0 Å². The van der Waals surface area contributed by atoms with Crippen LogP contribution in [-0.4, -0.2) is 26.2 Å². The molecule has 3 nitrogen and oxygen atoms in total. The minimum atomic E-state index is 0.773. The Morgan fingerprint density at radius 1 is 0.778 bits per heavy atom. The SMILES string of the molecule is Cc1cc(C)cc(C)c1.NCCCNCCCN. The van der Waals surface area contributed by atoms with E-state index in [0.717, 1.165) is 39.0 Å². The van der Waals surface area contributed by atoms with Gasteiger partial charge in [-0.05, 0) is 59.8 Å². The minimum Gasteiger partial charge on any atom is -0.330 e. The monoisotopic (exact) mass is 251 g/mol. The summed E-state index contributed by atoms with van der Waals surface area (Å²) in [4.78, 5) is 0. The Hall–Kier alpha value is -0.900. The van der Waals surface area contributed by atoms with Crippen LogP contribution in [0.25, 0.3) is 0 Å². The zero-order valence-electron chi connectivity index (χ0n) is 12.1. The van der Waals surface area contributed by atoms with Crippen molar-refractivity contribution < 1.29 is 0 Å². The zero-order valence-corrected chi connectivity index (χ0v) is 12.1. The Kier molecular flexibility index (Phi) is 10.6. The van der Waals surface area contributed by atoms with E-state index < -0.39 is 0 Å². The first kappa shape index (κ1) is 17.1. The maximum absolute atomic E-state index is 5.28. The minimum absolute atomic E-state index is 0.773. The molecule has 0 aromatic heterocycles. The zero-order chi connectivity index (χ0) is 13.8.